The molecular weight excluding hydrogens is 278 g/mol. The van der Waals surface area contributed by atoms with Crippen LogP contribution in [-0.4, -0.2) is 37.0 Å². The van der Waals surface area contributed by atoms with Crippen LogP contribution in [0.15, 0.2) is 24.3 Å². The van der Waals surface area contributed by atoms with Gasteiger partial charge in [-0.05, 0) is 24.3 Å². The predicted molar refractivity (Wildman–Crippen MR) is 71.4 cm³/mol. The number of carbonyl (C=O) groups excluding carboxylic acids is 4. The molecule has 21 heavy (non-hydrogen) atoms. The number of nitrogens with two attached hydrogens (primary N) is 1. The number of nitrogens with zero attached hydrogens (tertiary/aromatic N) is 1. The van der Waals surface area contributed by atoms with Gasteiger partial charge in [0, 0.05) is 5.56 Å². The largest absolute Gasteiger partial charge is 0.469 e. The van der Waals surface area contributed by atoms with Gasteiger partial charge in [0.05, 0.1) is 19.2 Å². The van der Waals surface area contributed by atoms with Crippen LogP contribution in [0.4, 0.5) is 10.5 Å². The molecule has 0 aromatic heterocycles. The summed E-state index contributed by atoms with van der Waals surface area (Å²) in [4.78, 5) is 47.0. The fraction of sp³-hybridized carbons (Fsp3) is 0.231. The molecule has 0 saturated carbocycles. The maximum Gasteiger partial charge on any atom is 0.329 e. The first-order chi connectivity index (χ1) is 9.93. The minimum atomic E-state index is -0.958. The molecule has 0 radical (unpaired) electrons. The Labute approximate surface area is 119 Å². The van der Waals surface area contributed by atoms with Gasteiger partial charge in [-0.3, -0.25) is 14.4 Å². The highest BCUT2D eigenvalue weighted by Gasteiger charge is 2.40. The van der Waals surface area contributed by atoms with Crippen LogP contribution in [0.1, 0.15) is 16.8 Å². The van der Waals surface area contributed by atoms with E-state index in [0.717, 1.165) is 4.90 Å². The Morgan fingerprint density at radius 1 is 1.29 bits per heavy atom. The Bertz CT molecular complexity index is 611. The Morgan fingerprint density at radius 2 is 1.90 bits per heavy atom. The Kier molecular flexibility index (Phi) is 3.88. The molecule has 1 aromatic rings. The van der Waals surface area contributed by atoms with Crippen LogP contribution < -0.4 is 16.0 Å². The molecule has 1 aromatic carbocycles. The van der Waals surface area contributed by atoms with E-state index in [2.05, 4.69) is 10.1 Å². The summed E-state index contributed by atoms with van der Waals surface area (Å²) in [5, 5.41) is 2.40. The zero-order valence-electron chi connectivity index (χ0n) is 11.2. The van der Waals surface area contributed by atoms with Crippen molar-refractivity contribution < 1.29 is 23.9 Å². The van der Waals surface area contributed by atoms with E-state index in [1.807, 2.05) is 0 Å². The van der Waals surface area contributed by atoms with Crippen LogP contribution in [0.25, 0.3) is 0 Å². The van der Waals surface area contributed by atoms with Gasteiger partial charge in [-0.2, -0.15) is 0 Å². The number of rotatable bonds is 4. The summed E-state index contributed by atoms with van der Waals surface area (Å²) in [6.45, 7) is 0. The minimum Gasteiger partial charge on any atom is -0.469 e. The first-order valence-electron chi connectivity index (χ1n) is 6.05. The molecule has 0 aliphatic carbocycles. The third-order valence-electron chi connectivity index (χ3n) is 3.03. The second-order valence-corrected chi connectivity index (χ2v) is 4.37. The number of urea groups is 1. The van der Waals surface area contributed by atoms with Gasteiger partial charge < -0.3 is 15.8 Å². The van der Waals surface area contributed by atoms with Crippen molar-refractivity contribution in [3.05, 3.63) is 29.8 Å². The molecular formula is C13H13N3O5. The van der Waals surface area contributed by atoms with Gasteiger partial charge in [0.1, 0.15) is 6.04 Å². The SMILES string of the molecule is COC(=O)CC1NC(=O)N(c2ccc(C(N)=O)cc2)C1=O. The van der Waals surface area contributed by atoms with Gasteiger partial charge in [0.25, 0.3) is 5.91 Å². The van der Waals surface area contributed by atoms with Gasteiger partial charge >= 0.3 is 12.0 Å². The lowest BCUT2D eigenvalue weighted by Gasteiger charge is -2.13. The Hall–Kier alpha value is -2.90. The lowest BCUT2D eigenvalue weighted by atomic mass is 10.1. The number of ether oxygens (including phenoxy) is 1. The predicted octanol–water partition coefficient (Wildman–Crippen LogP) is -0.227. The second-order valence-electron chi connectivity index (χ2n) is 4.37. The van der Waals surface area contributed by atoms with Gasteiger partial charge in [0.15, 0.2) is 0 Å². The number of carbonyl (C=O) groups is 4. The van der Waals surface area contributed by atoms with E-state index in [1.54, 1.807) is 0 Å². The van der Waals surface area contributed by atoms with Crippen molar-refractivity contribution in [2.75, 3.05) is 12.0 Å². The number of hydrogen-bond acceptors (Lipinski definition) is 5. The molecule has 1 heterocycles. The third kappa shape index (κ3) is 2.83. The molecule has 4 amide bonds. The molecule has 0 spiro atoms. The molecule has 1 saturated heterocycles. The number of methoxy groups -OCH3 is 1. The van der Waals surface area contributed by atoms with E-state index >= 15 is 0 Å². The number of imide groups is 1. The van der Waals surface area contributed by atoms with Crippen molar-refractivity contribution in [1.29, 1.82) is 0 Å². The quantitative estimate of drug-likeness (QED) is 0.587. The Morgan fingerprint density at radius 3 is 2.43 bits per heavy atom. The van der Waals surface area contributed by atoms with E-state index in [-0.39, 0.29) is 17.7 Å². The zero-order valence-corrected chi connectivity index (χ0v) is 11.2. The number of anilines is 1. The summed E-state index contributed by atoms with van der Waals surface area (Å²) >= 11 is 0. The summed E-state index contributed by atoms with van der Waals surface area (Å²) in [7, 11) is 1.20. The molecule has 0 bridgehead atoms. The molecule has 110 valence electrons. The summed E-state index contributed by atoms with van der Waals surface area (Å²) in [5.41, 5.74) is 5.66. The molecule has 1 aliphatic heterocycles. The van der Waals surface area contributed by atoms with Crippen LogP contribution in [0.3, 0.4) is 0 Å². The highest BCUT2D eigenvalue weighted by atomic mass is 16.5. The average Bonchev–Trinajstić information content (AvgIpc) is 2.73. The molecule has 1 fully saturated rings. The summed E-state index contributed by atoms with van der Waals surface area (Å²) in [6, 6.07) is 4.08. The van der Waals surface area contributed by atoms with Crippen LogP contribution in [0, 0.1) is 0 Å². The van der Waals surface area contributed by atoms with Gasteiger partial charge in [0.2, 0.25) is 5.91 Å². The van der Waals surface area contributed by atoms with Gasteiger partial charge in [-0.15, -0.1) is 0 Å². The first-order valence-corrected chi connectivity index (χ1v) is 6.05. The molecule has 2 rings (SSSR count). The van der Waals surface area contributed by atoms with Gasteiger partial charge in [-0.1, -0.05) is 0 Å². The number of primary amides is 1. The molecule has 8 nitrogen and oxygen atoms in total. The number of benzene rings is 1. The van der Waals surface area contributed by atoms with E-state index in [1.165, 1.54) is 31.4 Å². The van der Waals surface area contributed by atoms with E-state index in [9.17, 15) is 19.2 Å². The van der Waals surface area contributed by atoms with E-state index < -0.39 is 29.9 Å². The van der Waals surface area contributed by atoms with Crippen LogP contribution in [0.5, 0.6) is 0 Å². The monoisotopic (exact) mass is 291 g/mol. The van der Waals surface area contributed by atoms with Crippen molar-refractivity contribution in [2.45, 2.75) is 12.5 Å². The smallest absolute Gasteiger partial charge is 0.329 e. The third-order valence-corrected chi connectivity index (χ3v) is 3.03. The maximum atomic E-state index is 12.1. The van der Waals surface area contributed by atoms with Crippen molar-refractivity contribution in [1.82, 2.24) is 5.32 Å². The number of amides is 4. The lowest BCUT2D eigenvalue weighted by molar-refractivity contribution is -0.142. The minimum absolute atomic E-state index is 0.239. The summed E-state index contributed by atoms with van der Waals surface area (Å²) in [5.74, 6) is -1.76. The van der Waals surface area contributed by atoms with Crippen molar-refractivity contribution in [3.8, 4) is 0 Å². The van der Waals surface area contributed by atoms with Crippen LogP contribution in [0.2, 0.25) is 0 Å². The fourth-order valence-electron chi connectivity index (χ4n) is 1.94. The van der Waals surface area contributed by atoms with Crippen molar-refractivity contribution >= 4 is 29.5 Å². The van der Waals surface area contributed by atoms with Crippen LogP contribution >= 0.6 is 0 Å². The highest BCUT2D eigenvalue weighted by Crippen LogP contribution is 2.21. The second kappa shape index (κ2) is 5.61. The number of esters is 1. The van der Waals surface area contributed by atoms with Crippen molar-refractivity contribution in [3.63, 3.8) is 0 Å². The van der Waals surface area contributed by atoms with Crippen molar-refractivity contribution in [2.24, 2.45) is 5.73 Å². The molecule has 1 aliphatic rings. The highest BCUT2D eigenvalue weighted by molar-refractivity contribution is 6.22. The normalized spacial score (nSPS) is 17.6. The molecule has 1 atom stereocenters. The Balaban J connectivity index is 2.20. The average molecular weight is 291 g/mol. The molecule has 3 N–H and O–H groups in total. The topological polar surface area (TPSA) is 119 Å². The van der Waals surface area contributed by atoms with E-state index in [0.29, 0.717) is 0 Å². The first kappa shape index (κ1) is 14.5. The fourth-order valence-corrected chi connectivity index (χ4v) is 1.94. The standard InChI is InChI=1S/C13H13N3O5/c1-21-10(17)6-9-12(19)16(13(20)15-9)8-4-2-7(3-5-8)11(14)18/h2-5,9H,6H2,1H3,(H2,14,18)(H,15,20). The number of hydrogen-bond donors (Lipinski definition) is 2. The number of nitrogens with one attached hydrogen (secondary N) is 1. The zero-order chi connectivity index (χ0) is 15.6. The lowest BCUT2D eigenvalue weighted by Crippen LogP contribution is -2.32. The molecule has 1 unspecified atom stereocenters. The maximum absolute atomic E-state index is 12.1. The van der Waals surface area contributed by atoms with Gasteiger partial charge in [-0.25, -0.2) is 9.69 Å². The summed E-state index contributed by atoms with van der Waals surface area (Å²) in [6.07, 6.45) is -0.239. The summed E-state index contributed by atoms with van der Waals surface area (Å²) < 4.78 is 4.47. The van der Waals surface area contributed by atoms with Crippen LogP contribution in [-0.2, 0) is 14.3 Å². The molecule has 8 heteroatoms. The van der Waals surface area contributed by atoms with E-state index in [4.69, 9.17) is 5.73 Å².